The lowest BCUT2D eigenvalue weighted by molar-refractivity contribution is 0.606. The van der Waals surface area contributed by atoms with Crippen molar-refractivity contribution < 1.29 is 8.42 Å². The van der Waals surface area contributed by atoms with Gasteiger partial charge in [0.25, 0.3) is 0 Å². The first-order chi connectivity index (χ1) is 11.7. The third kappa shape index (κ3) is 2.32. The molecule has 0 saturated carbocycles. The summed E-state index contributed by atoms with van der Waals surface area (Å²) in [6.45, 7) is 0. The van der Waals surface area contributed by atoms with Crippen molar-refractivity contribution in [2.75, 3.05) is 5.32 Å². The van der Waals surface area contributed by atoms with E-state index >= 15 is 0 Å². The summed E-state index contributed by atoms with van der Waals surface area (Å²) >= 11 is 0. The number of para-hydroxylation sites is 1. The van der Waals surface area contributed by atoms with E-state index in [9.17, 15) is 8.42 Å². The fourth-order valence-electron chi connectivity index (χ4n) is 2.94. The van der Waals surface area contributed by atoms with E-state index in [4.69, 9.17) is 0 Å². The van der Waals surface area contributed by atoms with Gasteiger partial charge in [0.05, 0.1) is 16.3 Å². The first-order valence-electron chi connectivity index (χ1n) is 7.64. The molecule has 0 atom stereocenters. The van der Waals surface area contributed by atoms with Crippen molar-refractivity contribution in [2.24, 2.45) is 0 Å². The van der Waals surface area contributed by atoms with E-state index in [1.54, 1.807) is 18.2 Å². The minimum Gasteiger partial charge on any atom is -0.353 e. The highest BCUT2D eigenvalue weighted by atomic mass is 32.2. The van der Waals surface area contributed by atoms with E-state index < -0.39 is 9.84 Å². The van der Waals surface area contributed by atoms with E-state index in [1.165, 1.54) is 0 Å². The molecular formula is C20H15NO2S. The predicted octanol–water partition coefficient (Wildman–Crippen LogP) is 4.41. The molecule has 1 heterocycles. The fraction of sp³-hybridized carbons (Fsp3) is 0. The molecule has 24 heavy (non-hydrogen) atoms. The van der Waals surface area contributed by atoms with Gasteiger partial charge in [-0.15, -0.1) is 0 Å². The van der Waals surface area contributed by atoms with Gasteiger partial charge in [-0.1, -0.05) is 72.8 Å². The van der Waals surface area contributed by atoms with Crippen LogP contribution in [0.3, 0.4) is 0 Å². The van der Waals surface area contributed by atoms with Crippen LogP contribution in [0.5, 0.6) is 0 Å². The molecule has 0 bridgehead atoms. The lowest BCUT2D eigenvalue weighted by Crippen LogP contribution is -2.18. The Hall–Kier alpha value is -2.85. The Balaban J connectivity index is 2.06. The first kappa shape index (κ1) is 14.7. The van der Waals surface area contributed by atoms with Gasteiger partial charge >= 0.3 is 0 Å². The zero-order valence-electron chi connectivity index (χ0n) is 12.8. The van der Waals surface area contributed by atoms with Gasteiger partial charge in [-0.2, -0.15) is 0 Å². The zero-order valence-corrected chi connectivity index (χ0v) is 13.6. The first-order valence-corrected chi connectivity index (χ1v) is 9.12. The van der Waals surface area contributed by atoms with Gasteiger partial charge in [-0.25, -0.2) is 8.42 Å². The summed E-state index contributed by atoms with van der Waals surface area (Å²) < 4.78 is 26.6. The maximum atomic E-state index is 13.3. The second kappa shape index (κ2) is 5.65. The number of anilines is 1. The quantitative estimate of drug-likeness (QED) is 0.755. The molecule has 4 heteroatoms. The van der Waals surface area contributed by atoms with Crippen molar-refractivity contribution in [3.8, 4) is 0 Å². The van der Waals surface area contributed by atoms with Crippen molar-refractivity contribution in [1.29, 1.82) is 0 Å². The van der Waals surface area contributed by atoms with Crippen molar-refractivity contribution in [3.05, 3.63) is 96.1 Å². The van der Waals surface area contributed by atoms with Crippen molar-refractivity contribution in [2.45, 2.75) is 4.90 Å². The minimum absolute atomic E-state index is 0.309. The van der Waals surface area contributed by atoms with E-state index in [1.807, 2.05) is 66.7 Å². The molecule has 0 aliphatic carbocycles. The van der Waals surface area contributed by atoms with E-state index in [2.05, 4.69) is 5.32 Å². The summed E-state index contributed by atoms with van der Waals surface area (Å²) in [4.78, 5) is 0.622. The zero-order chi connectivity index (χ0) is 16.6. The summed E-state index contributed by atoms with van der Waals surface area (Å²) in [6.07, 6.45) is 0. The van der Waals surface area contributed by atoms with Crippen LogP contribution in [0.15, 0.2) is 89.8 Å². The van der Waals surface area contributed by atoms with Crippen LogP contribution in [-0.4, -0.2) is 8.42 Å². The maximum absolute atomic E-state index is 13.3. The Labute approximate surface area is 141 Å². The average molecular weight is 333 g/mol. The maximum Gasteiger partial charge on any atom is 0.211 e. The molecule has 0 unspecified atom stereocenters. The van der Waals surface area contributed by atoms with Crippen LogP contribution in [0.4, 0.5) is 5.69 Å². The van der Waals surface area contributed by atoms with Crippen LogP contribution < -0.4 is 5.32 Å². The Kier molecular flexibility index (Phi) is 3.47. The van der Waals surface area contributed by atoms with Crippen molar-refractivity contribution >= 4 is 26.1 Å². The van der Waals surface area contributed by atoms with E-state index in [-0.39, 0.29) is 0 Å². The molecule has 3 aromatic carbocycles. The molecule has 0 saturated heterocycles. The van der Waals surface area contributed by atoms with Crippen molar-refractivity contribution in [3.63, 3.8) is 0 Å². The second-order valence-corrected chi connectivity index (χ2v) is 7.42. The Morgan fingerprint density at radius 3 is 1.83 bits per heavy atom. The summed E-state index contributed by atoms with van der Waals surface area (Å²) in [6, 6.07) is 25.8. The Morgan fingerprint density at radius 2 is 1.17 bits per heavy atom. The highest BCUT2D eigenvalue weighted by Gasteiger charge is 2.33. The number of fused-ring (bicyclic) bond motifs is 1. The molecular weight excluding hydrogens is 318 g/mol. The lowest BCUT2D eigenvalue weighted by atomic mass is 10.1. The van der Waals surface area contributed by atoms with Gasteiger partial charge in [0.2, 0.25) is 9.84 Å². The van der Waals surface area contributed by atoms with Crippen LogP contribution in [-0.2, 0) is 9.84 Å². The van der Waals surface area contributed by atoms with Gasteiger partial charge in [0.15, 0.2) is 0 Å². The van der Waals surface area contributed by atoms with Gasteiger partial charge in [-0.3, -0.25) is 0 Å². The molecule has 0 amide bonds. The summed E-state index contributed by atoms with van der Waals surface area (Å²) in [5.74, 6) is 0. The molecule has 3 aromatic rings. The van der Waals surface area contributed by atoms with Crippen LogP contribution in [0.25, 0.3) is 10.6 Å². The number of nitrogens with one attached hydrogen (secondary N) is 1. The third-order valence-corrected chi connectivity index (χ3v) is 5.94. The largest absolute Gasteiger partial charge is 0.353 e. The van der Waals surface area contributed by atoms with Gasteiger partial charge < -0.3 is 5.32 Å². The van der Waals surface area contributed by atoms with E-state index in [0.29, 0.717) is 26.7 Å². The average Bonchev–Trinajstić information content (AvgIpc) is 2.63. The van der Waals surface area contributed by atoms with Crippen molar-refractivity contribution in [1.82, 2.24) is 0 Å². The normalized spacial score (nSPS) is 15.5. The standard InChI is InChI=1S/C20H15NO2S/c22-24(23)18-14-8-7-13-17(18)21-19(15-9-3-1-4-10-15)20(24)16-11-5-2-6-12-16/h1-14,21H. The SMILES string of the molecule is O=S1(=O)C(c2ccccc2)=C(c2ccccc2)Nc2ccccc21. The summed E-state index contributed by atoms with van der Waals surface area (Å²) in [5.41, 5.74) is 2.74. The minimum atomic E-state index is -3.62. The molecule has 4 rings (SSSR count). The highest BCUT2D eigenvalue weighted by molar-refractivity contribution is 8.01. The van der Waals surface area contributed by atoms with Gasteiger partial charge in [0.1, 0.15) is 4.91 Å². The molecule has 0 fully saturated rings. The molecule has 0 spiro atoms. The Bertz CT molecular complexity index is 1020. The molecule has 118 valence electrons. The number of rotatable bonds is 2. The monoisotopic (exact) mass is 333 g/mol. The molecule has 0 aromatic heterocycles. The topological polar surface area (TPSA) is 46.2 Å². The number of benzene rings is 3. The van der Waals surface area contributed by atoms with Crippen LogP contribution in [0.1, 0.15) is 11.1 Å². The number of hydrogen-bond acceptors (Lipinski definition) is 3. The Morgan fingerprint density at radius 1 is 0.625 bits per heavy atom. The smallest absolute Gasteiger partial charge is 0.211 e. The van der Waals surface area contributed by atoms with Crippen LogP contribution in [0.2, 0.25) is 0 Å². The van der Waals surface area contributed by atoms with Gasteiger partial charge in [-0.05, 0) is 23.3 Å². The van der Waals surface area contributed by atoms with E-state index in [0.717, 1.165) is 5.56 Å². The second-order valence-electron chi connectivity index (χ2n) is 5.56. The van der Waals surface area contributed by atoms with Crippen LogP contribution >= 0.6 is 0 Å². The molecule has 1 aliphatic rings. The lowest BCUT2D eigenvalue weighted by Gasteiger charge is -2.25. The summed E-state index contributed by atoms with van der Waals surface area (Å²) in [5, 5.41) is 3.32. The van der Waals surface area contributed by atoms with Crippen LogP contribution in [0, 0.1) is 0 Å². The molecule has 1 aliphatic heterocycles. The highest BCUT2D eigenvalue weighted by Crippen LogP contribution is 2.42. The number of sulfone groups is 1. The molecule has 0 radical (unpaired) electrons. The fourth-order valence-corrected chi connectivity index (χ4v) is 4.71. The van der Waals surface area contributed by atoms with Gasteiger partial charge in [0, 0.05) is 0 Å². The summed E-state index contributed by atoms with van der Waals surface area (Å²) in [7, 11) is -3.62. The molecule has 3 nitrogen and oxygen atoms in total. The third-order valence-electron chi connectivity index (χ3n) is 4.03. The number of hydrogen-bond donors (Lipinski definition) is 1. The predicted molar refractivity (Wildman–Crippen MR) is 96.9 cm³/mol. The molecule has 1 N–H and O–H groups in total.